The van der Waals surface area contributed by atoms with Crippen molar-refractivity contribution in [3.8, 4) is 11.5 Å². The predicted octanol–water partition coefficient (Wildman–Crippen LogP) is 2.73. The standard InChI is InChI=1S/C17H25NO4/c1-17(2)11-12(9-10-22-17)18(3)16(19)13-7-6-8-14(20-4)15(13)21-5/h6-8,12H,9-11H2,1-5H3/t12-/m0/s1. The second-order valence-corrected chi connectivity index (χ2v) is 6.21. The highest BCUT2D eigenvalue weighted by Gasteiger charge is 2.33. The van der Waals surface area contributed by atoms with Crippen molar-refractivity contribution in [2.45, 2.75) is 38.3 Å². The lowest BCUT2D eigenvalue weighted by Crippen LogP contribution is -2.46. The van der Waals surface area contributed by atoms with Gasteiger partial charge in [-0.05, 0) is 38.8 Å². The van der Waals surface area contributed by atoms with Gasteiger partial charge in [-0.15, -0.1) is 0 Å². The molecular formula is C17H25NO4. The fourth-order valence-electron chi connectivity index (χ4n) is 2.94. The van der Waals surface area contributed by atoms with E-state index in [0.717, 1.165) is 12.8 Å². The monoisotopic (exact) mass is 307 g/mol. The summed E-state index contributed by atoms with van der Waals surface area (Å²) in [5, 5.41) is 0. The molecule has 0 spiro atoms. The lowest BCUT2D eigenvalue weighted by Gasteiger charge is -2.39. The molecular weight excluding hydrogens is 282 g/mol. The summed E-state index contributed by atoms with van der Waals surface area (Å²) in [7, 11) is 4.95. The van der Waals surface area contributed by atoms with Crippen LogP contribution in [0.3, 0.4) is 0 Å². The van der Waals surface area contributed by atoms with Crippen LogP contribution in [0.4, 0.5) is 0 Å². The fourth-order valence-corrected chi connectivity index (χ4v) is 2.94. The number of para-hydroxylation sites is 1. The SMILES string of the molecule is COc1cccc(C(=O)N(C)[C@H]2CCOC(C)(C)C2)c1OC. The van der Waals surface area contributed by atoms with E-state index >= 15 is 0 Å². The van der Waals surface area contributed by atoms with Gasteiger partial charge in [0.1, 0.15) is 0 Å². The van der Waals surface area contributed by atoms with Crippen molar-refractivity contribution in [2.75, 3.05) is 27.9 Å². The number of hydrogen-bond acceptors (Lipinski definition) is 4. The Hall–Kier alpha value is -1.75. The van der Waals surface area contributed by atoms with Gasteiger partial charge in [0, 0.05) is 19.7 Å². The molecule has 1 atom stereocenters. The van der Waals surface area contributed by atoms with Gasteiger partial charge in [-0.3, -0.25) is 4.79 Å². The fraction of sp³-hybridized carbons (Fsp3) is 0.588. The molecule has 0 unspecified atom stereocenters. The van der Waals surface area contributed by atoms with Gasteiger partial charge in [-0.2, -0.15) is 0 Å². The van der Waals surface area contributed by atoms with Crippen LogP contribution in [0.2, 0.25) is 0 Å². The zero-order chi connectivity index (χ0) is 16.3. The number of rotatable bonds is 4. The van der Waals surface area contributed by atoms with E-state index in [4.69, 9.17) is 14.2 Å². The second-order valence-electron chi connectivity index (χ2n) is 6.21. The minimum Gasteiger partial charge on any atom is -0.493 e. The molecule has 1 heterocycles. The molecule has 5 heteroatoms. The van der Waals surface area contributed by atoms with Gasteiger partial charge < -0.3 is 19.1 Å². The highest BCUT2D eigenvalue weighted by atomic mass is 16.5. The van der Waals surface area contributed by atoms with Crippen molar-refractivity contribution in [3.05, 3.63) is 23.8 Å². The highest BCUT2D eigenvalue weighted by Crippen LogP contribution is 2.33. The molecule has 2 rings (SSSR count). The van der Waals surface area contributed by atoms with E-state index in [1.807, 2.05) is 7.05 Å². The molecule has 0 bridgehead atoms. The molecule has 1 saturated heterocycles. The van der Waals surface area contributed by atoms with Gasteiger partial charge >= 0.3 is 0 Å². The number of amides is 1. The average Bonchev–Trinajstić information content (AvgIpc) is 2.51. The molecule has 0 N–H and O–H groups in total. The van der Waals surface area contributed by atoms with Crippen LogP contribution in [-0.4, -0.2) is 50.3 Å². The maximum Gasteiger partial charge on any atom is 0.257 e. The number of carbonyl (C=O) groups excluding carboxylic acids is 1. The number of hydrogen-bond donors (Lipinski definition) is 0. The molecule has 1 aromatic rings. The van der Waals surface area contributed by atoms with Gasteiger partial charge in [0.2, 0.25) is 0 Å². The van der Waals surface area contributed by atoms with Crippen molar-refractivity contribution < 1.29 is 19.0 Å². The third-order valence-corrected chi connectivity index (χ3v) is 4.17. The summed E-state index contributed by atoms with van der Waals surface area (Å²) in [5.41, 5.74) is 0.323. The zero-order valence-electron chi connectivity index (χ0n) is 14.0. The summed E-state index contributed by atoms with van der Waals surface area (Å²) in [6.07, 6.45) is 1.67. The van der Waals surface area contributed by atoms with Gasteiger partial charge in [0.25, 0.3) is 5.91 Å². The Bertz CT molecular complexity index is 541. The maximum atomic E-state index is 12.9. The van der Waals surface area contributed by atoms with E-state index in [1.54, 1.807) is 37.3 Å². The summed E-state index contributed by atoms with van der Waals surface area (Å²) in [6, 6.07) is 5.51. The Morgan fingerprint density at radius 1 is 1.32 bits per heavy atom. The largest absolute Gasteiger partial charge is 0.493 e. The third-order valence-electron chi connectivity index (χ3n) is 4.17. The summed E-state index contributed by atoms with van der Waals surface area (Å²) in [4.78, 5) is 14.6. The topological polar surface area (TPSA) is 48.0 Å². The quantitative estimate of drug-likeness (QED) is 0.858. The van der Waals surface area contributed by atoms with Crippen LogP contribution in [0.5, 0.6) is 11.5 Å². The van der Waals surface area contributed by atoms with Crippen molar-refractivity contribution in [2.24, 2.45) is 0 Å². The van der Waals surface area contributed by atoms with Crippen LogP contribution < -0.4 is 9.47 Å². The van der Waals surface area contributed by atoms with E-state index in [9.17, 15) is 4.79 Å². The highest BCUT2D eigenvalue weighted by molar-refractivity contribution is 5.97. The van der Waals surface area contributed by atoms with Crippen molar-refractivity contribution in [1.29, 1.82) is 0 Å². The minimum atomic E-state index is -0.198. The van der Waals surface area contributed by atoms with E-state index in [0.29, 0.717) is 23.7 Å². The average molecular weight is 307 g/mol. The number of benzene rings is 1. The molecule has 1 amide bonds. The molecule has 1 aliphatic rings. The molecule has 0 saturated carbocycles. The van der Waals surface area contributed by atoms with Gasteiger partial charge in [0.05, 0.1) is 25.4 Å². The molecule has 0 radical (unpaired) electrons. The molecule has 122 valence electrons. The maximum absolute atomic E-state index is 12.9. The summed E-state index contributed by atoms with van der Waals surface area (Å²) in [5.74, 6) is 0.987. The Balaban J connectivity index is 2.24. The molecule has 5 nitrogen and oxygen atoms in total. The normalized spacial score (nSPS) is 20.3. The first-order valence-electron chi connectivity index (χ1n) is 7.51. The predicted molar refractivity (Wildman–Crippen MR) is 84.7 cm³/mol. The van der Waals surface area contributed by atoms with E-state index in [1.165, 1.54) is 0 Å². The summed E-state index contributed by atoms with van der Waals surface area (Å²) >= 11 is 0. The van der Waals surface area contributed by atoms with Crippen LogP contribution >= 0.6 is 0 Å². The molecule has 1 fully saturated rings. The van der Waals surface area contributed by atoms with Crippen LogP contribution in [0, 0.1) is 0 Å². The number of ether oxygens (including phenoxy) is 3. The molecule has 1 aromatic carbocycles. The van der Waals surface area contributed by atoms with Crippen LogP contribution in [0.15, 0.2) is 18.2 Å². The smallest absolute Gasteiger partial charge is 0.257 e. The second kappa shape index (κ2) is 6.57. The van der Waals surface area contributed by atoms with E-state index in [-0.39, 0.29) is 17.6 Å². The number of methoxy groups -OCH3 is 2. The first-order valence-corrected chi connectivity index (χ1v) is 7.51. The zero-order valence-corrected chi connectivity index (χ0v) is 14.0. The molecule has 0 aromatic heterocycles. The van der Waals surface area contributed by atoms with Gasteiger partial charge in [-0.25, -0.2) is 0 Å². The Morgan fingerprint density at radius 2 is 2.05 bits per heavy atom. The van der Waals surface area contributed by atoms with Crippen molar-refractivity contribution in [1.82, 2.24) is 4.90 Å². The van der Waals surface area contributed by atoms with Crippen molar-refractivity contribution >= 4 is 5.91 Å². The lowest BCUT2D eigenvalue weighted by molar-refractivity contribution is -0.0756. The Kier molecular flexibility index (Phi) is 4.96. The lowest BCUT2D eigenvalue weighted by atomic mass is 9.92. The Morgan fingerprint density at radius 3 is 2.64 bits per heavy atom. The van der Waals surface area contributed by atoms with E-state index in [2.05, 4.69) is 13.8 Å². The van der Waals surface area contributed by atoms with Gasteiger partial charge in [0.15, 0.2) is 11.5 Å². The number of nitrogens with zero attached hydrogens (tertiary/aromatic N) is 1. The third kappa shape index (κ3) is 3.35. The Labute approximate surface area is 132 Å². The minimum absolute atomic E-state index is 0.0570. The summed E-state index contributed by atoms with van der Waals surface area (Å²) < 4.78 is 16.4. The first kappa shape index (κ1) is 16.6. The number of carbonyl (C=O) groups is 1. The van der Waals surface area contributed by atoms with Crippen LogP contribution in [0.1, 0.15) is 37.0 Å². The first-order chi connectivity index (χ1) is 10.4. The summed E-state index contributed by atoms with van der Waals surface area (Å²) in [6.45, 7) is 4.79. The van der Waals surface area contributed by atoms with Crippen molar-refractivity contribution in [3.63, 3.8) is 0 Å². The molecule has 0 aliphatic carbocycles. The van der Waals surface area contributed by atoms with Crippen LogP contribution in [0.25, 0.3) is 0 Å². The van der Waals surface area contributed by atoms with Crippen LogP contribution in [-0.2, 0) is 4.74 Å². The van der Waals surface area contributed by atoms with Gasteiger partial charge in [-0.1, -0.05) is 6.07 Å². The molecule has 1 aliphatic heterocycles. The van der Waals surface area contributed by atoms with E-state index < -0.39 is 0 Å². The molecule has 22 heavy (non-hydrogen) atoms.